The fourth-order valence-electron chi connectivity index (χ4n) is 3.22. The van der Waals surface area contributed by atoms with Crippen LogP contribution in [0.2, 0.25) is 0 Å². The zero-order chi connectivity index (χ0) is 20.3. The van der Waals surface area contributed by atoms with Gasteiger partial charge in [0.1, 0.15) is 5.82 Å². The standard InChI is InChI=1S/C23H17FN4OS/c24-17-12-10-16(11-13-17)21-25-19-9-5-4-8-18(19)20-22(29-21)26-23(28-27-20)30-14-15-6-2-1-3-7-15/h1-13,21,25H,14H2. The van der Waals surface area contributed by atoms with Crippen LogP contribution in [0.1, 0.15) is 17.4 Å². The third-order valence-electron chi connectivity index (χ3n) is 4.72. The Morgan fingerprint density at radius 1 is 0.900 bits per heavy atom. The normalized spacial score (nSPS) is 14.6. The molecule has 1 aliphatic rings. The molecule has 1 aromatic heterocycles. The molecule has 0 aliphatic carbocycles. The van der Waals surface area contributed by atoms with E-state index in [0.717, 1.165) is 22.6 Å². The Kier molecular flexibility index (Phi) is 5.03. The molecule has 1 unspecified atom stereocenters. The average Bonchev–Trinajstić information content (AvgIpc) is 2.95. The van der Waals surface area contributed by atoms with E-state index in [9.17, 15) is 4.39 Å². The van der Waals surface area contributed by atoms with Gasteiger partial charge in [0.15, 0.2) is 11.9 Å². The molecular formula is C23H17FN4OS. The quantitative estimate of drug-likeness (QED) is 0.445. The molecule has 0 bridgehead atoms. The van der Waals surface area contributed by atoms with Crippen LogP contribution in [0.15, 0.2) is 84.0 Å². The molecule has 5 nitrogen and oxygen atoms in total. The number of fused-ring (bicyclic) bond motifs is 3. The van der Waals surface area contributed by atoms with Gasteiger partial charge < -0.3 is 10.1 Å². The lowest BCUT2D eigenvalue weighted by atomic mass is 10.1. The topological polar surface area (TPSA) is 59.9 Å². The summed E-state index contributed by atoms with van der Waals surface area (Å²) in [5, 5.41) is 12.6. The predicted molar refractivity (Wildman–Crippen MR) is 115 cm³/mol. The van der Waals surface area contributed by atoms with Crippen molar-refractivity contribution in [3.05, 3.63) is 95.8 Å². The first-order valence-electron chi connectivity index (χ1n) is 9.46. The molecule has 1 N–H and O–H groups in total. The fraction of sp³-hybridized carbons (Fsp3) is 0.0870. The van der Waals surface area contributed by atoms with Crippen molar-refractivity contribution in [3.8, 4) is 17.1 Å². The van der Waals surface area contributed by atoms with Crippen molar-refractivity contribution in [1.82, 2.24) is 15.2 Å². The van der Waals surface area contributed by atoms with Crippen LogP contribution in [0.5, 0.6) is 5.88 Å². The largest absolute Gasteiger partial charge is 0.448 e. The van der Waals surface area contributed by atoms with E-state index < -0.39 is 6.23 Å². The van der Waals surface area contributed by atoms with Crippen LogP contribution in [-0.4, -0.2) is 15.2 Å². The molecule has 0 spiro atoms. The Morgan fingerprint density at radius 3 is 2.50 bits per heavy atom. The fourth-order valence-corrected chi connectivity index (χ4v) is 3.95. The van der Waals surface area contributed by atoms with Crippen molar-refractivity contribution >= 4 is 17.4 Å². The van der Waals surface area contributed by atoms with E-state index in [-0.39, 0.29) is 5.82 Å². The van der Waals surface area contributed by atoms with Gasteiger partial charge in [-0.2, -0.15) is 4.98 Å². The highest BCUT2D eigenvalue weighted by atomic mass is 32.2. The van der Waals surface area contributed by atoms with Crippen molar-refractivity contribution in [1.29, 1.82) is 0 Å². The van der Waals surface area contributed by atoms with Crippen molar-refractivity contribution < 1.29 is 9.13 Å². The summed E-state index contributed by atoms with van der Waals surface area (Å²) in [7, 11) is 0. The highest BCUT2D eigenvalue weighted by Gasteiger charge is 2.26. The van der Waals surface area contributed by atoms with Gasteiger partial charge in [-0.25, -0.2) is 4.39 Å². The highest BCUT2D eigenvalue weighted by Crippen LogP contribution is 2.39. The number of hydrogen-bond donors (Lipinski definition) is 1. The minimum atomic E-state index is -0.531. The number of rotatable bonds is 4. The Balaban J connectivity index is 1.50. The van der Waals surface area contributed by atoms with Gasteiger partial charge in [-0.05, 0) is 23.8 Å². The van der Waals surface area contributed by atoms with Gasteiger partial charge in [-0.3, -0.25) is 0 Å². The molecule has 0 saturated heterocycles. The number of anilines is 1. The van der Waals surface area contributed by atoms with Crippen molar-refractivity contribution in [2.24, 2.45) is 0 Å². The molecule has 7 heteroatoms. The van der Waals surface area contributed by atoms with Gasteiger partial charge in [-0.1, -0.05) is 72.4 Å². The maximum Gasteiger partial charge on any atom is 0.247 e. The summed E-state index contributed by atoms with van der Waals surface area (Å²) in [5.41, 5.74) is 4.25. The number of nitrogens with zero attached hydrogens (tertiary/aromatic N) is 3. The second-order valence-electron chi connectivity index (χ2n) is 6.76. The second-order valence-corrected chi connectivity index (χ2v) is 7.70. The molecule has 5 rings (SSSR count). The number of benzene rings is 3. The van der Waals surface area contributed by atoms with Crippen molar-refractivity contribution in [3.63, 3.8) is 0 Å². The van der Waals surface area contributed by atoms with Crippen LogP contribution >= 0.6 is 11.8 Å². The lowest BCUT2D eigenvalue weighted by Crippen LogP contribution is -2.17. The number of nitrogens with one attached hydrogen (secondary N) is 1. The Morgan fingerprint density at radius 2 is 1.67 bits per heavy atom. The third kappa shape index (κ3) is 3.84. The van der Waals surface area contributed by atoms with E-state index in [1.807, 2.05) is 42.5 Å². The predicted octanol–water partition coefficient (Wildman–Crippen LogP) is 5.47. The number of halogens is 1. The number of aromatic nitrogens is 3. The first kappa shape index (κ1) is 18.6. The van der Waals surface area contributed by atoms with Crippen LogP contribution in [-0.2, 0) is 5.75 Å². The van der Waals surface area contributed by atoms with Gasteiger partial charge in [-0.15, -0.1) is 10.2 Å². The minimum Gasteiger partial charge on any atom is -0.448 e. The van der Waals surface area contributed by atoms with E-state index >= 15 is 0 Å². The molecule has 0 fully saturated rings. The van der Waals surface area contributed by atoms with Gasteiger partial charge in [0.05, 0.1) is 0 Å². The third-order valence-corrected chi connectivity index (χ3v) is 5.63. The molecule has 0 saturated carbocycles. The first-order valence-corrected chi connectivity index (χ1v) is 10.4. The smallest absolute Gasteiger partial charge is 0.247 e. The van der Waals surface area contributed by atoms with E-state index in [1.165, 1.54) is 29.5 Å². The maximum atomic E-state index is 13.4. The van der Waals surface area contributed by atoms with Crippen molar-refractivity contribution in [2.75, 3.05) is 5.32 Å². The molecule has 0 amide bonds. The van der Waals surface area contributed by atoms with Gasteiger partial charge >= 0.3 is 0 Å². The molecule has 4 aromatic rings. The van der Waals surface area contributed by atoms with E-state index in [2.05, 4.69) is 32.6 Å². The minimum absolute atomic E-state index is 0.295. The average molecular weight is 416 g/mol. The van der Waals surface area contributed by atoms with E-state index in [4.69, 9.17) is 4.74 Å². The monoisotopic (exact) mass is 416 g/mol. The molecule has 3 aromatic carbocycles. The summed E-state index contributed by atoms with van der Waals surface area (Å²) in [4.78, 5) is 4.63. The lowest BCUT2D eigenvalue weighted by Gasteiger charge is -2.19. The first-order chi connectivity index (χ1) is 14.8. The molecule has 1 atom stereocenters. The molecular weight excluding hydrogens is 399 g/mol. The van der Waals surface area contributed by atoms with Crippen molar-refractivity contribution in [2.45, 2.75) is 17.1 Å². The summed E-state index contributed by atoms with van der Waals surface area (Å²) in [5.74, 6) is 0.835. The van der Waals surface area contributed by atoms with Gasteiger partial charge in [0, 0.05) is 22.6 Å². The Bertz CT molecular complexity index is 1170. The van der Waals surface area contributed by atoms with Gasteiger partial charge in [0.2, 0.25) is 11.0 Å². The van der Waals surface area contributed by atoms with Crippen LogP contribution in [0.3, 0.4) is 0 Å². The van der Waals surface area contributed by atoms with Crippen LogP contribution < -0.4 is 10.1 Å². The molecule has 2 heterocycles. The number of thioether (sulfide) groups is 1. The van der Waals surface area contributed by atoms with Gasteiger partial charge in [0.25, 0.3) is 0 Å². The number of para-hydroxylation sites is 1. The number of ether oxygens (including phenoxy) is 1. The summed E-state index contributed by atoms with van der Waals surface area (Å²) < 4.78 is 19.6. The summed E-state index contributed by atoms with van der Waals surface area (Å²) in [6.07, 6.45) is -0.531. The molecule has 0 radical (unpaired) electrons. The zero-order valence-electron chi connectivity index (χ0n) is 15.8. The Labute approximate surface area is 177 Å². The SMILES string of the molecule is Fc1ccc(C2Nc3ccccc3-c3nnc(SCc4ccccc4)nc3O2)cc1. The zero-order valence-corrected chi connectivity index (χ0v) is 16.6. The Hall–Kier alpha value is -3.45. The maximum absolute atomic E-state index is 13.4. The number of hydrogen-bond acceptors (Lipinski definition) is 6. The molecule has 30 heavy (non-hydrogen) atoms. The summed E-state index contributed by atoms with van der Waals surface area (Å²) in [6, 6.07) is 24.1. The van der Waals surface area contributed by atoms with E-state index in [0.29, 0.717) is 16.7 Å². The lowest BCUT2D eigenvalue weighted by molar-refractivity contribution is 0.225. The summed E-state index contributed by atoms with van der Waals surface area (Å²) in [6.45, 7) is 0. The van der Waals surface area contributed by atoms with Crippen LogP contribution in [0, 0.1) is 5.82 Å². The second kappa shape index (κ2) is 8.12. The summed E-state index contributed by atoms with van der Waals surface area (Å²) >= 11 is 1.50. The highest BCUT2D eigenvalue weighted by molar-refractivity contribution is 7.98. The molecule has 1 aliphatic heterocycles. The van der Waals surface area contributed by atoms with E-state index in [1.54, 1.807) is 12.1 Å². The molecule has 148 valence electrons. The van der Waals surface area contributed by atoms with Crippen LogP contribution in [0.25, 0.3) is 11.3 Å². The van der Waals surface area contributed by atoms with Crippen LogP contribution in [0.4, 0.5) is 10.1 Å².